The van der Waals surface area contributed by atoms with Gasteiger partial charge >= 0.3 is 0 Å². The topological polar surface area (TPSA) is 94.0 Å². The molecule has 2 amide bonds. The van der Waals surface area contributed by atoms with Gasteiger partial charge in [0, 0.05) is 0 Å². The molecule has 1 atom stereocenters. The van der Waals surface area contributed by atoms with E-state index in [-0.39, 0.29) is 18.2 Å². The Morgan fingerprint density at radius 1 is 1.13 bits per heavy atom. The first-order valence-corrected chi connectivity index (χ1v) is 7.13. The Kier molecular flexibility index (Phi) is 3.93. The number of benzene rings is 2. The van der Waals surface area contributed by atoms with Crippen molar-refractivity contribution >= 4 is 28.9 Å². The molecule has 2 aromatic carbocycles. The Morgan fingerprint density at radius 2 is 1.83 bits per heavy atom. The molecule has 0 fully saturated rings. The number of amides is 2. The zero-order valence-corrected chi connectivity index (χ0v) is 12.2. The Hall–Kier alpha value is -3.33. The smallest absolute Gasteiger partial charge is 0.247 e. The van der Waals surface area contributed by atoms with Crippen molar-refractivity contribution in [2.75, 3.05) is 16.0 Å². The lowest BCUT2D eigenvalue weighted by Gasteiger charge is -2.26. The molecule has 0 aliphatic carbocycles. The fourth-order valence-corrected chi connectivity index (χ4v) is 2.41. The minimum absolute atomic E-state index is 0.0278. The maximum Gasteiger partial charge on any atom is 0.247 e. The third-order valence-electron chi connectivity index (χ3n) is 3.54. The Bertz CT molecular complexity index is 810. The van der Waals surface area contributed by atoms with Crippen LogP contribution in [0.25, 0.3) is 0 Å². The number of nitriles is 1. The zero-order valence-electron chi connectivity index (χ0n) is 12.2. The molecule has 114 valence electrons. The van der Waals surface area contributed by atoms with Gasteiger partial charge in [-0.2, -0.15) is 5.26 Å². The average Bonchev–Trinajstić information content (AvgIpc) is 2.56. The van der Waals surface area contributed by atoms with Crippen LogP contribution in [0.3, 0.4) is 0 Å². The molecule has 0 unspecified atom stereocenters. The molecule has 0 saturated carbocycles. The van der Waals surface area contributed by atoms with Crippen LogP contribution >= 0.6 is 0 Å². The second kappa shape index (κ2) is 6.20. The molecule has 1 aliphatic rings. The van der Waals surface area contributed by atoms with E-state index in [1.165, 1.54) is 0 Å². The largest absolute Gasteiger partial charge is 0.372 e. The lowest BCUT2D eigenvalue weighted by atomic mass is 10.1. The van der Waals surface area contributed by atoms with E-state index in [0.29, 0.717) is 16.9 Å². The van der Waals surface area contributed by atoms with E-state index < -0.39 is 6.04 Å². The Labute approximate surface area is 133 Å². The number of carbonyl (C=O) groups is 2. The van der Waals surface area contributed by atoms with Crippen molar-refractivity contribution < 1.29 is 9.59 Å². The lowest BCUT2D eigenvalue weighted by molar-refractivity contribution is -0.122. The predicted molar refractivity (Wildman–Crippen MR) is 86.9 cm³/mol. The van der Waals surface area contributed by atoms with Gasteiger partial charge in [0.15, 0.2) is 0 Å². The summed E-state index contributed by atoms with van der Waals surface area (Å²) in [6.45, 7) is 0. The van der Waals surface area contributed by atoms with Gasteiger partial charge in [0.1, 0.15) is 12.1 Å². The molecular formula is C17H14N4O2. The van der Waals surface area contributed by atoms with Crippen LogP contribution in [-0.2, 0) is 9.59 Å². The number of carbonyl (C=O) groups excluding carboxylic acids is 2. The van der Waals surface area contributed by atoms with Gasteiger partial charge < -0.3 is 16.0 Å². The molecule has 2 aromatic rings. The minimum Gasteiger partial charge on any atom is -0.372 e. The number of nitrogens with one attached hydrogen (secondary N) is 3. The van der Waals surface area contributed by atoms with Gasteiger partial charge in [0.05, 0.1) is 29.0 Å². The van der Waals surface area contributed by atoms with E-state index in [1.807, 2.05) is 24.3 Å². The molecule has 1 heterocycles. The Morgan fingerprint density at radius 3 is 2.61 bits per heavy atom. The van der Waals surface area contributed by atoms with E-state index in [2.05, 4.69) is 16.0 Å². The second-order valence-electron chi connectivity index (χ2n) is 5.14. The second-order valence-corrected chi connectivity index (χ2v) is 5.14. The fraction of sp³-hybridized carbons (Fsp3) is 0.118. The summed E-state index contributed by atoms with van der Waals surface area (Å²) in [6.07, 6.45) is -0.0278. The van der Waals surface area contributed by atoms with Crippen molar-refractivity contribution in [1.82, 2.24) is 0 Å². The highest BCUT2D eigenvalue weighted by molar-refractivity contribution is 6.06. The van der Waals surface area contributed by atoms with Gasteiger partial charge in [0.2, 0.25) is 11.8 Å². The number of hydrogen-bond donors (Lipinski definition) is 3. The summed E-state index contributed by atoms with van der Waals surface area (Å²) in [7, 11) is 0. The van der Waals surface area contributed by atoms with E-state index in [1.54, 1.807) is 30.3 Å². The fourth-order valence-electron chi connectivity index (χ4n) is 2.41. The molecule has 6 nitrogen and oxygen atoms in total. The number of fused-ring (bicyclic) bond motifs is 1. The number of para-hydroxylation sites is 3. The van der Waals surface area contributed by atoms with Crippen molar-refractivity contribution in [3.63, 3.8) is 0 Å². The van der Waals surface area contributed by atoms with Crippen molar-refractivity contribution in [3.8, 4) is 6.07 Å². The zero-order chi connectivity index (χ0) is 16.2. The first kappa shape index (κ1) is 14.6. The van der Waals surface area contributed by atoms with Crippen molar-refractivity contribution in [3.05, 3.63) is 54.1 Å². The molecule has 23 heavy (non-hydrogen) atoms. The lowest BCUT2D eigenvalue weighted by Crippen LogP contribution is -2.41. The van der Waals surface area contributed by atoms with Crippen molar-refractivity contribution in [2.24, 2.45) is 0 Å². The van der Waals surface area contributed by atoms with Gasteiger partial charge in [-0.3, -0.25) is 9.59 Å². The average molecular weight is 306 g/mol. The van der Waals surface area contributed by atoms with Gasteiger partial charge in [0.25, 0.3) is 0 Å². The molecule has 0 saturated heterocycles. The summed E-state index contributed by atoms with van der Waals surface area (Å²) in [5, 5.41) is 17.5. The van der Waals surface area contributed by atoms with Gasteiger partial charge in [-0.05, 0) is 24.3 Å². The highest BCUT2D eigenvalue weighted by Gasteiger charge is 2.27. The standard InChI is InChI=1S/C17H14N4O2/c18-10-11-5-1-2-6-12(11)20-16(22)9-15-17(23)21-14-8-4-3-7-13(14)19-15/h1-8,15,19H,9H2,(H,20,22)(H,21,23)/t15-/m1/s1. The first-order valence-electron chi connectivity index (χ1n) is 7.13. The highest BCUT2D eigenvalue weighted by atomic mass is 16.2. The first-order chi connectivity index (χ1) is 11.2. The SMILES string of the molecule is N#Cc1ccccc1NC(=O)C[C@H]1Nc2ccccc2NC1=O. The summed E-state index contributed by atoms with van der Waals surface area (Å²) in [4.78, 5) is 24.2. The monoisotopic (exact) mass is 306 g/mol. The summed E-state index contributed by atoms with van der Waals surface area (Å²) in [5.41, 5.74) is 2.30. The van der Waals surface area contributed by atoms with Crippen molar-refractivity contribution in [1.29, 1.82) is 5.26 Å². The third kappa shape index (κ3) is 3.14. The van der Waals surface area contributed by atoms with Crippen LogP contribution in [0.5, 0.6) is 0 Å². The van der Waals surface area contributed by atoms with Gasteiger partial charge in [-0.15, -0.1) is 0 Å². The highest BCUT2D eigenvalue weighted by Crippen LogP contribution is 2.26. The molecule has 3 N–H and O–H groups in total. The van der Waals surface area contributed by atoms with Gasteiger partial charge in [-0.1, -0.05) is 24.3 Å². The van der Waals surface area contributed by atoms with Crippen LogP contribution in [0.1, 0.15) is 12.0 Å². The quantitative estimate of drug-likeness (QED) is 0.811. The van der Waals surface area contributed by atoms with Crippen LogP contribution in [0.4, 0.5) is 17.1 Å². The van der Waals surface area contributed by atoms with Crippen LogP contribution in [0.2, 0.25) is 0 Å². The van der Waals surface area contributed by atoms with Crippen LogP contribution < -0.4 is 16.0 Å². The summed E-state index contributed by atoms with van der Waals surface area (Å²) >= 11 is 0. The number of anilines is 3. The number of hydrogen-bond acceptors (Lipinski definition) is 4. The maximum atomic E-state index is 12.2. The number of nitrogens with zero attached hydrogens (tertiary/aromatic N) is 1. The van der Waals surface area contributed by atoms with E-state index in [9.17, 15) is 9.59 Å². The molecule has 6 heteroatoms. The summed E-state index contributed by atoms with van der Waals surface area (Å²) in [5.74, 6) is -0.591. The molecular weight excluding hydrogens is 292 g/mol. The summed E-state index contributed by atoms with van der Waals surface area (Å²) in [6, 6.07) is 15.4. The minimum atomic E-state index is -0.654. The van der Waals surface area contributed by atoms with E-state index >= 15 is 0 Å². The van der Waals surface area contributed by atoms with Crippen LogP contribution in [-0.4, -0.2) is 17.9 Å². The normalized spacial score (nSPS) is 15.6. The summed E-state index contributed by atoms with van der Waals surface area (Å²) < 4.78 is 0. The molecule has 3 rings (SSSR count). The van der Waals surface area contributed by atoms with E-state index in [4.69, 9.17) is 5.26 Å². The molecule has 0 aromatic heterocycles. The molecule has 0 spiro atoms. The predicted octanol–water partition coefficient (Wildman–Crippen LogP) is 2.32. The van der Waals surface area contributed by atoms with Crippen LogP contribution in [0, 0.1) is 11.3 Å². The Balaban J connectivity index is 1.69. The maximum absolute atomic E-state index is 12.2. The van der Waals surface area contributed by atoms with Gasteiger partial charge in [-0.25, -0.2) is 0 Å². The molecule has 1 aliphatic heterocycles. The number of rotatable bonds is 3. The van der Waals surface area contributed by atoms with E-state index in [0.717, 1.165) is 5.69 Å². The molecule has 0 bridgehead atoms. The van der Waals surface area contributed by atoms with Crippen molar-refractivity contribution in [2.45, 2.75) is 12.5 Å². The molecule has 0 radical (unpaired) electrons. The third-order valence-corrected chi connectivity index (χ3v) is 3.54. The van der Waals surface area contributed by atoms with Crippen LogP contribution in [0.15, 0.2) is 48.5 Å².